The van der Waals surface area contributed by atoms with E-state index in [-0.39, 0.29) is 29.6 Å². The molecule has 2 aromatic carbocycles. The lowest BCUT2D eigenvalue weighted by molar-refractivity contribution is -0.147. The van der Waals surface area contributed by atoms with Crippen molar-refractivity contribution in [2.75, 3.05) is 27.3 Å². The van der Waals surface area contributed by atoms with Crippen molar-refractivity contribution >= 4 is 17.3 Å². The summed E-state index contributed by atoms with van der Waals surface area (Å²) < 4.78 is 16.4. The lowest BCUT2D eigenvalue weighted by Crippen LogP contribution is -2.27. The van der Waals surface area contributed by atoms with E-state index in [1.54, 1.807) is 25.3 Å². The number of aromatic hydroxyl groups is 2. The second kappa shape index (κ2) is 16.2. The summed E-state index contributed by atoms with van der Waals surface area (Å²) in [6.07, 6.45) is 8.81. The number of benzene rings is 2. The van der Waals surface area contributed by atoms with Crippen molar-refractivity contribution in [3.05, 3.63) is 53.1 Å². The van der Waals surface area contributed by atoms with Crippen molar-refractivity contribution in [3.63, 3.8) is 0 Å². The Morgan fingerprint density at radius 3 is 2.42 bits per heavy atom. The van der Waals surface area contributed by atoms with E-state index in [4.69, 9.17) is 14.2 Å². The number of nitrogens with one attached hydrogen (secondary N) is 1. The fourth-order valence-corrected chi connectivity index (χ4v) is 7.06. The number of rotatable bonds is 15. The van der Waals surface area contributed by atoms with Gasteiger partial charge in [-0.15, -0.1) is 0 Å². The number of ether oxygens (including phenoxy) is 3. The Balaban J connectivity index is 1.58. The Hall–Kier alpha value is -3.52. The van der Waals surface area contributed by atoms with E-state index in [9.17, 15) is 19.8 Å². The number of Topliss-reactive ketones (excluding diaryl/α,β-unsaturated/α-hetero) is 1. The van der Waals surface area contributed by atoms with E-state index in [1.807, 2.05) is 12.1 Å². The molecule has 0 heterocycles. The number of hydrogen-bond donors (Lipinski definition) is 3. The number of allylic oxidation sites excluding steroid dienone is 1. The monoisotopic (exact) mass is 621 g/mol. The van der Waals surface area contributed by atoms with Crippen LogP contribution in [0.15, 0.2) is 36.4 Å². The molecule has 0 saturated heterocycles. The van der Waals surface area contributed by atoms with Crippen molar-refractivity contribution in [3.8, 4) is 23.0 Å². The molecule has 8 heteroatoms. The predicted molar refractivity (Wildman–Crippen MR) is 176 cm³/mol. The van der Waals surface area contributed by atoms with Gasteiger partial charge in [-0.1, -0.05) is 38.8 Å². The third-order valence-corrected chi connectivity index (χ3v) is 9.35. The van der Waals surface area contributed by atoms with Crippen LogP contribution in [-0.4, -0.2) is 55.4 Å². The van der Waals surface area contributed by atoms with E-state index in [2.05, 4.69) is 25.2 Å². The molecule has 2 aliphatic rings. The van der Waals surface area contributed by atoms with Gasteiger partial charge in [-0.3, -0.25) is 9.59 Å². The summed E-state index contributed by atoms with van der Waals surface area (Å²) >= 11 is 0. The third-order valence-electron chi connectivity index (χ3n) is 9.35. The first kappa shape index (κ1) is 34.4. The molecule has 0 spiro atoms. The number of fused-ring (bicyclic) bond motifs is 2. The number of methoxy groups -OCH3 is 2. The molecule has 45 heavy (non-hydrogen) atoms. The first-order valence-electron chi connectivity index (χ1n) is 16.5. The van der Waals surface area contributed by atoms with Crippen molar-refractivity contribution in [2.45, 2.75) is 90.6 Å². The highest BCUT2D eigenvalue weighted by Gasteiger charge is 2.38. The highest BCUT2D eigenvalue weighted by Crippen LogP contribution is 2.50. The molecule has 0 radical (unpaired) electrons. The number of carbonyl (C=O) groups is 2. The molecule has 0 amide bonds. The Kier molecular flexibility index (Phi) is 12.3. The molecule has 1 saturated carbocycles. The zero-order valence-corrected chi connectivity index (χ0v) is 27.6. The molecule has 2 aliphatic carbocycles. The number of ketones is 1. The fraction of sp³-hybridized carbons (Fsp3) is 0.568. The maximum Gasteiger partial charge on any atom is 0.302 e. The molecule has 246 valence electrons. The van der Waals surface area contributed by atoms with Crippen LogP contribution in [0.2, 0.25) is 0 Å². The first-order chi connectivity index (χ1) is 21.6. The standard InChI is InChI=1S/C37H51NO7/c1-23(2)14-15-38-22-27-17-26-8-6-7-9-30(26)32(33-21-37(44-5)35(42)20-31(27)33)19-28(40)18-29(45-24(3)39)12-10-25-11-13-34(41)36(16-25)43-4/h11,13,16-17,20-21,23,26,29-30,32,38,41-42H,6-10,12,14-15,18-19,22H2,1-5H3. The van der Waals surface area contributed by atoms with Gasteiger partial charge < -0.3 is 29.7 Å². The Morgan fingerprint density at radius 2 is 1.71 bits per heavy atom. The highest BCUT2D eigenvalue weighted by atomic mass is 16.5. The molecular weight excluding hydrogens is 570 g/mol. The normalized spacial score (nSPS) is 20.0. The summed E-state index contributed by atoms with van der Waals surface area (Å²) in [6, 6.07) is 8.90. The number of phenolic OH excluding ortho intramolecular Hbond substituents is 2. The van der Waals surface area contributed by atoms with Crippen LogP contribution >= 0.6 is 0 Å². The molecule has 4 atom stereocenters. The van der Waals surface area contributed by atoms with Crippen LogP contribution in [0.4, 0.5) is 0 Å². The van der Waals surface area contributed by atoms with Crippen LogP contribution in [-0.2, 0) is 20.7 Å². The minimum absolute atomic E-state index is 0.0453. The second-order valence-corrected chi connectivity index (χ2v) is 13.1. The van der Waals surface area contributed by atoms with Gasteiger partial charge in [0.05, 0.1) is 14.2 Å². The quantitative estimate of drug-likeness (QED) is 0.145. The van der Waals surface area contributed by atoms with Gasteiger partial charge in [0.2, 0.25) is 0 Å². The van der Waals surface area contributed by atoms with Gasteiger partial charge in [0.15, 0.2) is 23.0 Å². The van der Waals surface area contributed by atoms with Crippen molar-refractivity contribution in [2.24, 2.45) is 17.8 Å². The molecule has 0 bridgehead atoms. The summed E-state index contributed by atoms with van der Waals surface area (Å²) in [7, 11) is 3.06. The Bertz CT molecular complexity index is 1350. The van der Waals surface area contributed by atoms with Crippen molar-refractivity contribution in [1.29, 1.82) is 0 Å². The van der Waals surface area contributed by atoms with E-state index in [0.717, 1.165) is 55.3 Å². The molecule has 1 fully saturated rings. The van der Waals surface area contributed by atoms with Crippen LogP contribution in [0.5, 0.6) is 23.0 Å². The van der Waals surface area contributed by atoms with Crippen LogP contribution in [0.25, 0.3) is 5.57 Å². The van der Waals surface area contributed by atoms with Crippen LogP contribution < -0.4 is 14.8 Å². The van der Waals surface area contributed by atoms with E-state index < -0.39 is 12.1 Å². The summed E-state index contributed by atoms with van der Waals surface area (Å²) in [6.45, 7) is 7.42. The Labute approximate surface area is 268 Å². The molecular formula is C37H51NO7. The van der Waals surface area contributed by atoms with Gasteiger partial charge in [-0.25, -0.2) is 0 Å². The van der Waals surface area contributed by atoms with Gasteiger partial charge in [0, 0.05) is 26.3 Å². The van der Waals surface area contributed by atoms with Crippen molar-refractivity contribution in [1.82, 2.24) is 5.32 Å². The van der Waals surface area contributed by atoms with Gasteiger partial charge in [0.1, 0.15) is 11.9 Å². The number of esters is 1. The Morgan fingerprint density at radius 1 is 0.978 bits per heavy atom. The predicted octanol–water partition coefficient (Wildman–Crippen LogP) is 6.95. The maximum atomic E-state index is 13.9. The number of aryl methyl sites for hydroxylation is 1. The second-order valence-electron chi connectivity index (χ2n) is 13.1. The van der Waals surface area contributed by atoms with Crippen molar-refractivity contribution < 1.29 is 34.0 Å². The number of carbonyl (C=O) groups excluding carboxylic acids is 2. The molecule has 4 unspecified atom stereocenters. The van der Waals surface area contributed by atoms with E-state index in [0.29, 0.717) is 55.1 Å². The minimum atomic E-state index is -0.560. The summed E-state index contributed by atoms with van der Waals surface area (Å²) in [4.78, 5) is 25.9. The number of hydrogen-bond acceptors (Lipinski definition) is 8. The average molecular weight is 622 g/mol. The minimum Gasteiger partial charge on any atom is -0.504 e. The van der Waals surface area contributed by atoms with Gasteiger partial charge in [-0.2, -0.15) is 0 Å². The van der Waals surface area contributed by atoms with Crippen LogP contribution in [0.3, 0.4) is 0 Å². The molecule has 4 rings (SSSR count). The van der Waals surface area contributed by atoms with Crippen LogP contribution in [0.1, 0.15) is 94.7 Å². The molecule has 8 nitrogen and oxygen atoms in total. The third kappa shape index (κ3) is 9.25. The maximum absolute atomic E-state index is 13.9. The summed E-state index contributed by atoms with van der Waals surface area (Å²) in [5.41, 5.74) is 4.12. The van der Waals surface area contributed by atoms with Crippen LogP contribution in [0, 0.1) is 17.8 Å². The fourth-order valence-electron chi connectivity index (χ4n) is 7.06. The van der Waals surface area contributed by atoms with Gasteiger partial charge >= 0.3 is 5.97 Å². The lowest BCUT2D eigenvalue weighted by Gasteiger charge is -2.35. The molecule has 3 N–H and O–H groups in total. The smallest absolute Gasteiger partial charge is 0.302 e. The topological polar surface area (TPSA) is 114 Å². The first-order valence-corrected chi connectivity index (χ1v) is 16.5. The van der Waals surface area contributed by atoms with E-state index >= 15 is 0 Å². The number of phenols is 2. The van der Waals surface area contributed by atoms with Gasteiger partial charge in [-0.05, 0) is 109 Å². The lowest BCUT2D eigenvalue weighted by atomic mass is 9.69. The van der Waals surface area contributed by atoms with E-state index in [1.165, 1.54) is 19.6 Å². The largest absolute Gasteiger partial charge is 0.504 e. The molecule has 2 aromatic rings. The zero-order valence-electron chi connectivity index (χ0n) is 27.6. The summed E-state index contributed by atoms with van der Waals surface area (Å²) in [5, 5.41) is 24.4. The molecule has 0 aliphatic heterocycles. The average Bonchev–Trinajstić information content (AvgIpc) is 3.12. The van der Waals surface area contributed by atoms with Gasteiger partial charge in [0.25, 0.3) is 0 Å². The zero-order chi connectivity index (χ0) is 32.5. The highest BCUT2D eigenvalue weighted by molar-refractivity contribution is 5.82. The SMILES string of the molecule is COc1cc(CCC(CC(=O)CC2c3cc(OC)c(O)cc3C(CNCCC(C)C)=CC3CCCCC32)OC(C)=O)ccc1O. The summed E-state index contributed by atoms with van der Waals surface area (Å²) in [5.74, 6) is 1.79. The molecule has 0 aromatic heterocycles.